The molecule has 0 saturated heterocycles. The molecule has 5 nitrogen and oxygen atoms in total. The fraction of sp³-hybridized carbons (Fsp3) is 0.750. The number of nitrogens with zero attached hydrogens (tertiary/aromatic N) is 2. The minimum atomic E-state index is 0.459. The standard InChI is InChI=1S/C8H17N5S/c1-4-9-8-7(5-10-6(2)3)11-12-13-14-8/h6,10,12-13H,4-5H2,1-3H3. The van der Waals surface area contributed by atoms with Gasteiger partial charge in [0.15, 0.2) is 0 Å². The van der Waals surface area contributed by atoms with Gasteiger partial charge in [-0.3, -0.25) is 4.99 Å². The van der Waals surface area contributed by atoms with Crippen LogP contribution in [0.2, 0.25) is 0 Å². The summed E-state index contributed by atoms with van der Waals surface area (Å²) in [7, 11) is 0. The Hall–Kier alpha value is -0.590. The van der Waals surface area contributed by atoms with E-state index in [1.807, 2.05) is 6.92 Å². The van der Waals surface area contributed by atoms with Gasteiger partial charge in [0, 0.05) is 19.1 Å². The van der Waals surface area contributed by atoms with Crippen LogP contribution in [0.1, 0.15) is 20.8 Å². The van der Waals surface area contributed by atoms with Crippen molar-refractivity contribution in [2.75, 3.05) is 13.1 Å². The summed E-state index contributed by atoms with van der Waals surface area (Å²) in [6.45, 7) is 7.77. The fourth-order valence-electron chi connectivity index (χ4n) is 0.951. The molecule has 0 aromatic rings. The van der Waals surface area contributed by atoms with Crippen LogP contribution in [-0.2, 0) is 0 Å². The van der Waals surface area contributed by atoms with Crippen LogP contribution in [0.25, 0.3) is 0 Å². The van der Waals surface area contributed by atoms with E-state index in [0.717, 1.165) is 23.8 Å². The molecule has 1 heterocycles. The maximum atomic E-state index is 4.35. The van der Waals surface area contributed by atoms with Crippen molar-refractivity contribution in [3.05, 3.63) is 0 Å². The molecule has 0 spiro atoms. The molecule has 0 amide bonds. The summed E-state index contributed by atoms with van der Waals surface area (Å²) in [5.74, 6) is 0. The summed E-state index contributed by atoms with van der Waals surface area (Å²) < 4.78 is 0. The maximum absolute atomic E-state index is 4.35. The molecular formula is C8H17N5S. The molecular weight excluding hydrogens is 198 g/mol. The molecule has 0 unspecified atom stereocenters. The van der Waals surface area contributed by atoms with Gasteiger partial charge in [-0.15, -0.1) is 0 Å². The molecule has 0 atom stereocenters. The van der Waals surface area contributed by atoms with E-state index in [1.54, 1.807) is 0 Å². The monoisotopic (exact) mass is 215 g/mol. The Bertz CT molecular complexity index is 236. The molecule has 1 aliphatic heterocycles. The van der Waals surface area contributed by atoms with Gasteiger partial charge < -0.3 is 5.32 Å². The number of rotatable bonds is 4. The minimum Gasteiger partial charge on any atom is -0.309 e. The Morgan fingerprint density at radius 3 is 3.00 bits per heavy atom. The van der Waals surface area contributed by atoms with Gasteiger partial charge in [0.1, 0.15) is 10.8 Å². The van der Waals surface area contributed by atoms with E-state index in [0.29, 0.717) is 6.04 Å². The second kappa shape index (κ2) is 6.00. The Kier molecular flexibility index (Phi) is 4.92. The van der Waals surface area contributed by atoms with Gasteiger partial charge >= 0.3 is 0 Å². The summed E-state index contributed by atoms with van der Waals surface area (Å²) in [5.41, 5.74) is 3.69. The molecule has 0 aromatic heterocycles. The molecule has 0 aliphatic carbocycles. The topological polar surface area (TPSA) is 60.8 Å². The highest BCUT2D eigenvalue weighted by atomic mass is 32.2. The van der Waals surface area contributed by atoms with Crippen LogP contribution in [0.15, 0.2) is 10.1 Å². The number of hydrazine groups is 1. The number of nitrogens with one attached hydrogen (secondary N) is 3. The van der Waals surface area contributed by atoms with Crippen LogP contribution >= 0.6 is 11.9 Å². The maximum Gasteiger partial charge on any atom is 0.132 e. The predicted octanol–water partition coefficient (Wildman–Crippen LogP) is 0.515. The van der Waals surface area contributed by atoms with E-state index in [9.17, 15) is 0 Å². The van der Waals surface area contributed by atoms with Gasteiger partial charge in [0.2, 0.25) is 0 Å². The van der Waals surface area contributed by atoms with Gasteiger partial charge in [-0.2, -0.15) is 9.93 Å². The number of aliphatic imine (C=N–C) groups is 1. The van der Waals surface area contributed by atoms with Crippen molar-refractivity contribution >= 4 is 22.7 Å². The molecule has 14 heavy (non-hydrogen) atoms. The van der Waals surface area contributed by atoms with Gasteiger partial charge in [-0.25, -0.2) is 5.53 Å². The fourth-order valence-corrected chi connectivity index (χ4v) is 1.57. The van der Waals surface area contributed by atoms with Crippen molar-refractivity contribution in [1.82, 2.24) is 15.7 Å². The van der Waals surface area contributed by atoms with Crippen LogP contribution in [0.5, 0.6) is 0 Å². The highest BCUT2D eigenvalue weighted by Crippen LogP contribution is 2.04. The second-order valence-electron chi connectivity index (χ2n) is 3.19. The van der Waals surface area contributed by atoms with Gasteiger partial charge in [-0.05, 0) is 18.9 Å². The Morgan fingerprint density at radius 2 is 2.36 bits per heavy atom. The van der Waals surface area contributed by atoms with Crippen molar-refractivity contribution in [3.63, 3.8) is 0 Å². The first-order valence-electron chi connectivity index (χ1n) is 4.75. The summed E-state index contributed by atoms with van der Waals surface area (Å²) in [6.07, 6.45) is 0. The van der Waals surface area contributed by atoms with E-state index in [4.69, 9.17) is 0 Å². The van der Waals surface area contributed by atoms with Crippen molar-refractivity contribution < 1.29 is 0 Å². The molecule has 6 heteroatoms. The molecule has 1 rings (SSSR count). The van der Waals surface area contributed by atoms with E-state index in [-0.39, 0.29) is 0 Å². The summed E-state index contributed by atoms with van der Waals surface area (Å²) >= 11 is 1.47. The number of hydrogen-bond acceptors (Lipinski definition) is 6. The molecule has 1 aliphatic rings. The lowest BCUT2D eigenvalue weighted by molar-refractivity contribution is 0.638. The lowest BCUT2D eigenvalue weighted by atomic mass is 10.3. The van der Waals surface area contributed by atoms with Crippen molar-refractivity contribution in [1.29, 1.82) is 0 Å². The Labute approximate surface area is 88.9 Å². The Morgan fingerprint density at radius 1 is 1.57 bits per heavy atom. The van der Waals surface area contributed by atoms with E-state index >= 15 is 0 Å². The van der Waals surface area contributed by atoms with Crippen molar-refractivity contribution in [2.45, 2.75) is 26.8 Å². The lowest BCUT2D eigenvalue weighted by Crippen LogP contribution is -2.39. The van der Waals surface area contributed by atoms with Gasteiger partial charge in [-0.1, -0.05) is 13.8 Å². The molecule has 3 N–H and O–H groups in total. The van der Waals surface area contributed by atoms with Crippen LogP contribution in [0.3, 0.4) is 0 Å². The van der Waals surface area contributed by atoms with Crippen LogP contribution in [0, 0.1) is 0 Å². The van der Waals surface area contributed by atoms with E-state index < -0.39 is 0 Å². The predicted molar refractivity (Wildman–Crippen MR) is 62.4 cm³/mol. The largest absolute Gasteiger partial charge is 0.309 e. The SMILES string of the molecule is CCN=C1SNNN=C1CNC(C)C. The van der Waals surface area contributed by atoms with Gasteiger partial charge in [0.25, 0.3) is 0 Å². The second-order valence-corrected chi connectivity index (χ2v) is 3.98. The molecule has 0 fully saturated rings. The first-order chi connectivity index (χ1) is 6.74. The zero-order valence-corrected chi connectivity index (χ0v) is 9.61. The lowest BCUT2D eigenvalue weighted by Gasteiger charge is -2.17. The van der Waals surface area contributed by atoms with Gasteiger partial charge in [0.05, 0.1) is 0 Å². The highest BCUT2D eigenvalue weighted by molar-refractivity contribution is 8.14. The zero-order valence-electron chi connectivity index (χ0n) is 8.79. The third kappa shape index (κ3) is 3.65. The Balaban J connectivity index is 2.54. The normalized spacial score (nSPS) is 19.7. The molecule has 0 aromatic carbocycles. The van der Waals surface area contributed by atoms with Crippen LogP contribution in [-0.4, -0.2) is 29.9 Å². The molecule has 0 saturated carbocycles. The highest BCUT2D eigenvalue weighted by Gasteiger charge is 2.13. The summed E-state index contributed by atoms with van der Waals surface area (Å²) in [4.78, 5) is 7.21. The van der Waals surface area contributed by atoms with E-state index in [1.165, 1.54) is 11.9 Å². The van der Waals surface area contributed by atoms with Crippen LogP contribution < -0.4 is 15.7 Å². The minimum absolute atomic E-state index is 0.459. The molecule has 0 bridgehead atoms. The summed E-state index contributed by atoms with van der Waals surface area (Å²) in [5, 5.41) is 8.41. The third-order valence-corrected chi connectivity index (χ3v) is 2.36. The van der Waals surface area contributed by atoms with Crippen molar-refractivity contribution in [3.8, 4) is 0 Å². The average Bonchev–Trinajstić information content (AvgIpc) is 2.17. The smallest absolute Gasteiger partial charge is 0.132 e. The number of hydrazone groups is 1. The van der Waals surface area contributed by atoms with E-state index in [2.05, 4.69) is 39.6 Å². The van der Waals surface area contributed by atoms with Crippen molar-refractivity contribution in [2.24, 2.45) is 10.1 Å². The first-order valence-corrected chi connectivity index (χ1v) is 5.57. The summed E-state index contributed by atoms with van der Waals surface area (Å²) in [6, 6.07) is 0.459. The van der Waals surface area contributed by atoms with Crippen LogP contribution in [0.4, 0.5) is 0 Å². The average molecular weight is 215 g/mol. The molecule has 0 radical (unpaired) electrons. The first kappa shape index (κ1) is 11.5. The quantitative estimate of drug-likeness (QED) is 0.598. The third-order valence-electron chi connectivity index (χ3n) is 1.61. The zero-order chi connectivity index (χ0) is 10.4. The number of hydrogen-bond donors (Lipinski definition) is 3. The molecule has 80 valence electrons.